The van der Waals surface area contributed by atoms with Gasteiger partial charge in [0.25, 0.3) is 5.91 Å². The molecule has 0 unspecified atom stereocenters. The molecule has 3 aromatic rings. The minimum atomic E-state index is -0.0185. The van der Waals surface area contributed by atoms with Crippen molar-refractivity contribution in [3.8, 4) is 11.3 Å². The first-order chi connectivity index (χ1) is 12.1. The van der Waals surface area contributed by atoms with Gasteiger partial charge in [-0.15, -0.1) is 0 Å². The van der Waals surface area contributed by atoms with Crippen molar-refractivity contribution in [3.63, 3.8) is 0 Å². The Hall–Kier alpha value is -2.95. The van der Waals surface area contributed by atoms with Crippen molar-refractivity contribution in [2.75, 3.05) is 13.6 Å². The highest BCUT2D eigenvalue weighted by atomic mass is 16.5. The molecule has 1 aromatic carbocycles. The van der Waals surface area contributed by atoms with Crippen LogP contribution in [0.5, 0.6) is 0 Å². The molecule has 25 heavy (non-hydrogen) atoms. The fraction of sp³-hybridized carbons (Fsp3) is 0.250. The smallest absolute Gasteiger partial charge is 0.255 e. The molecule has 5 heteroatoms. The minimum Gasteiger partial charge on any atom is -0.361 e. The van der Waals surface area contributed by atoms with Gasteiger partial charge in [0, 0.05) is 43.5 Å². The van der Waals surface area contributed by atoms with E-state index in [0.717, 1.165) is 35.6 Å². The SMILES string of the molecule is Cc1ccc(C(=O)N(C)CCCc2cc(-c3ccccc3)no2)cn1. The molecule has 0 aliphatic carbocycles. The van der Waals surface area contributed by atoms with E-state index in [2.05, 4.69) is 10.1 Å². The van der Waals surface area contributed by atoms with Crippen molar-refractivity contribution >= 4 is 5.91 Å². The normalized spacial score (nSPS) is 10.6. The number of benzene rings is 1. The minimum absolute atomic E-state index is 0.0185. The first kappa shape index (κ1) is 16.9. The lowest BCUT2D eigenvalue weighted by Crippen LogP contribution is -2.28. The number of amides is 1. The molecule has 5 nitrogen and oxygen atoms in total. The summed E-state index contributed by atoms with van der Waals surface area (Å²) >= 11 is 0. The van der Waals surface area contributed by atoms with E-state index in [9.17, 15) is 4.79 Å². The second kappa shape index (κ2) is 7.75. The molecule has 0 atom stereocenters. The number of aryl methyl sites for hydroxylation is 2. The van der Waals surface area contributed by atoms with Crippen LogP contribution in [0.25, 0.3) is 11.3 Å². The predicted molar refractivity (Wildman–Crippen MR) is 96.2 cm³/mol. The van der Waals surface area contributed by atoms with E-state index in [1.54, 1.807) is 18.1 Å². The van der Waals surface area contributed by atoms with Gasteiger partial charge in [0.2, 0.25) is 0 Å². The molecule has 0 fully saturated rings. The molecule has 2 heterocycles. The third-order valence-electron chi connectivity index (χ3n) is 4.05. The van der Waals surface area contributed by atoms with Crippen LogP contribution in [0.1, 0.15) is 28.2 Å². The van der Waals surface area contributed by atoms with E-state index < -0.39 is 0 Å². The molecule has 0 saturated heterocycles. The van der Waals surface area contributed by atoms with E-state index in [-0.39, 0.29) is 5.91 Å². The summed E-state index contributed by atoms with van der Waals surface area (Å²) in [5.41, 5.74) is 3.39. The zero-order valence-corrected chi connectivity index (χ0v) is 14.5. The summed E-state index contributed by atoms with van der Waals surface area (Å²) in [6, 6.07) is 15.5. The second-order valence-corrected chi connectivity index (χ2v) is 6.06. The van der Waals surface area contributed by atoms with Gasteiger partial charge in [-0.25, -0.2) is 0 Å². The number of hydrogen-bond acceptors (Lipinski definition) is 4. The Labute approximate surface area is 147 Å². The number of carbonyl (C=O) groups is 1. The lowest BCUT2D eigenvalue weighted by molar-refractivity contribution is 0.0792. The number of aromatic nitrogens is 2. The molecule has 0 aliphatic rings. The highest BCUT2D eigenvalue weighted by Crippen LogP contribution is 2.19. The fourth-order valence-electron chi connectivity index (χ4n) is 2.58. The Balaban J connectivity index is 1.52. The van der Waals surface area contributed by atoms with Crippen molar-refractivity contribution in [2.45, 2.75) is 19.8 Å². The average Bonchev–Trinajstić information content (AvgIpc) is 3.11. The Morgan fingerprint density at radius 1 is 1.16 bits per heavy atom. The molecular weight excluding hydrogens is 314 g/mol. The van der Waals surface area contributed by atoms with Crippen LogP contribution in [0, 0.1) is 6.92 Å². The van der Waals surface area contributed by atoms with Crippen LogP contribution in [0.4, 0.5) is 0 Å². The molecule has 3 rings (SSSR count). The van der Waals surface area contributed by atoms with Crippen LogP contribution >= 0.6 is 0 Å². The lowest BCUT2D eigenvalue weighted by Gasteiger charge is -2.16. The van der Waals surface area contributed by atoms with Crippen LogP contribution in [-0.4, -0.2) is 34.5 Å². The molecule has 0 bridgehead atoms. The maximum Gasteiger partial charge on any atom is 0.255 e. The molecule has 2 aromatic heterocycles. The highest BCUT2D eigenvalue weighted by Gasteiger charge is 2.12. The van der Waals surface area contributed by atoms with Crippen LogP contribution in [0.3, 0.4) is 0 Å². The largest absolute Gasteiger partial charge is 0.361 e. The maximum absolute atomic E-state index is 12.3. The molecule has 0 saturated carbocycles. The van der Waals surface area contributed by atoms with Crippen LogP contribution < -0.4 is 0 Å². The molecular formula is C20H21N3O2. The first-order valence-electron chi connectivity index (χ1n) is 8.32. The molecule has 1 amide bonds. The summed E-state index contributed by atoms with van der Waals surface area (Å²) in [5, 5.41) is 4.11. The number of carbonyl (C=O) groups excluding carboxylic acids is 1. The molecule has 0 radical (unpaired) electrons. The third-order valence-corrected chi connectivity index (χ3v) is 4.05. The standard InChI is InChI=1S/C20H21N3O2/c1-15-10-11-17(14-21-15)20(24)23(2)12-6-9-18-13-19(22-25-18)16-7-4-3-5-8-16/h3-5,7-8,10-11,13-14H,6,9,12H2,1-2H3. The molecule has 0 aliphatic heterocycles. The second-order valence-electron chi connectivity index (χ2n) is 6.06. The zero-order valence-electron chi connectivity index (χ0n) is 14.5. The summed E-state index contributed by atoms with van der Waals surface area (Å²) in [6.07, 6.45) is 3.17. The summed E-state index contributed by atoms with van der Waals surface area (Å²) in [5.74, 6) is 0.812. The topological polar surface area (TPSA) is 59.2 Å². The summed E-state index contributed by atoms with van der Waals surface area (Å²) in [6.45, 7) is 2.55. The quantitative estimate of drug-likeness (QED) is 0.688. The monoisotopic (exact) mass is 335 g/mol. The number of pyridine rings is 1. The summed E-state index contributed by atoms with van der Waals surface area (Å²) in [4.78, 5) is 18.2. The van der Waals surface area contributed by atoms with Gasteiger partial charge in [-0.1, -0.05) is 35.5 Å². The Kier molecular flexibility index (Phi) is 5.23. The van der Waals surface area contributed by atoms with Gasteiger partial charge >= 0.3 is 0 Å². The zero-order chi connectivity index (χ0) is 17.6. The predicted octanol–water partition coefficient (Wildman–Crippen LogP) is 3.75. The van der Waals surface area contributed by atoms with E-state index in [0.29, 0.717) is 12.1 Å². The van der Waals surface area contributed by atoms with Gasteiger partial charge < -0.3 is 9.42 Å². The number of nitrogens with zero attached hydrogens (tertiary/aromatic N) is 3. The van der Waals surface area contributed by atoms with Gasteiger partial charge in [-0.2, -0.15) is 0 Å². The van der Waals surface area contributed by atoms with E-state index in [1.807, 2.05) is 55.5 Å². The first-order valence-corrected chi connectivity index (χ1v) is 8.32. The Bertz CT molecular complexity index is 826. The van der Waals surface area contributed by atoms with Crippen LogP contribution in [0.15, 0.2) is 59.3 Å². The highest BCUT2D eigenvalue weighted by molar-refractivity contribution is 5.93. The summed E-state index contributed by atoms with van der Waals surface area (Å²) < 4.78 is 5.40. The Morgan fingerprint density at radius 3 is 2.68 bits per heavy atom. The van der Waals surface area contributed by atoms with Crippen LogP contribution in [0.2, 0.25) is 0 Å². The fourth-order valence-corrected chi connectivity index (χ4v) is 2.58. The van der Waals surface area contributed by atoms with Gasteiger partial charge in [-0.3, -0.25) is 9.78 Å². The van der Waals surface area contributed by atoms with Crippen molar-refractivity contribution in [1.82, 2.24) is 15.0 Å². The number of hydrogen-bond donors (Lipinski definition) is 0. The Morgan fingerprint density at radius 2 is 1.96 bits per heavy atom. The number of rotatable bonds is 6. The summed E-state index contributed by atoms with van der Waals surface area (Å²) in [7, 11) is 1.80. The van der Waals surface area contributed by atoms with E-state index >= 15 is 0 Å². The third kappa shape index (κ3) is 4.32. The van der Waals surface area contributed by atoms with Gasteiger partial charge in [0.1, 0.15) is 11.5 Å². The van der Waals surface area contributed by atoms with E-state index in [4.69, 9.17) is 4.52 Å². The van der Waals surface area contributed by atoms with Crippen LogP contribution in [-0.2, 0) is 6.42 Å². The molecule has 128 valence electrons. The van der Waals surface area contributed by atoms with E-state index in [1.165, 1.54) is 0 Å². The molecule has 0 N–H and O–H groups in total. The van der Waals surface area contributed by atoms with Crippen molar-refractivity contribution in [1.29, 1.82) is 0 Å². The molecule has 0 spiro atoms. The van der Waals surface area contributed by atoms with Gasteiger partial charge in [0.15, 0.2) is 0 Å². The van der Waals surface area contributed by atoms with Gasteiger partial charge in [0.05, 0.1) is 5.56 Å². The van der Waals surface area contributed by atoms with Gasteiger partial charge in [-0.05, 0) is 25.5 Å². The average molecular weight is 335 g/mol. The van der Waals surface area contributed by atoms with Crippen molar-refractivity contribution in [3.05, 3.63) is 71.7 Å². The lowest BCUT2D eigenvalue weighted by atomic mass is 10.1. The maximum atomic E-state index is 12.3. The van der Waals surface area contributed by atoms with Crippen molar-refractivity contribution in [2.24, 2.45) is 0 Å². The van der Waals surface area contributed by atoms with Crippen molar-refractivity contribution < 1.29 is 9.32 Å².